The summed E-state index contributed by atoms with van der Waals surface area (Å²) in [5.41, 5.74) is 2.82. The molecular formula is C16H22N2S. The predicted molar refractivity (Wildman–Crippen MR) is 82.5 cm³/mol. The first-order valence-electron chi connectivity index (χ1n) is 6.66. The highest BCUT2D eigenvalue weighted by Crippen LogP contribution is 2.29. The maximum atomic E-state index is 4.17. The van der Waals surface area contributed by atoms with E-state index in [-0.39, 0.29) is 5.41 Å². The van der Waals surface area contributed by atoms with Crippen LogP contribution in [0.25, 0.3) is 0 Å². The Bertz CT molecular complexity index is 538. The molecule has 0 fully saturated rings. The van der Waals surface area contributed by atoms with Crippen molar-refractivity contribution in [3.05, 3.63) is 51.5 Å². The standard InChI is InChI=1S/C16H22N2S/c1-12-7-8-17-9-13(12)10-18-11-14-5-6-15(19-14)16(2,3)4/h5-9,18H,10-11H2,1-4H3. The first kappa shape index (κ1) is 14.2. The van der Waals surface area contributed by atoms with Gasteiger partial charge in [-0.05, 0) is 41.7 Å². The Hall–Kier alpha value is -1.19. The number of aryl methyl sites for hydroxylation is 1. The van der Waals surface area contributed by atoms with E-state index in [1.807, 2.05) is 23.7 Å². The molecule has 0 saturated carbocycles. The van der Waals surface area contributed by atoms with E-state index in [9.17, 15) is 0 Å². The number of nitrogens with zero attached hydrogens (tertiary/aromatic N) is 1. The minimum atomic E-state index is 0.253. The Morgan fingerprint density at radius 1 is 1.16 bits per heavy atom. The number of rotatable bonds is 4. The number of nitrogens with one attached hydrogen (secondary N) is 1. The first-order valence-corrected chi connectivity index (χ1v) is 7.48. The fourth-order valence-electron chi connectivity index (χ4n) is 1.88. The SMILES string of the molecule is Cc1ccncc1CNCc1ccc(C(C)(C)C)s1. The third-order valence-electron chi connectivity index (χ3n) is 3.16. The average Bonchev–Trinajstić information content (AvgIpc) is 2.80. The molecule has 0 radical (unpaired) electrons. The zero-order chi connectivity index (χ0) is 13.9. The van der Waals surface area contributed by atoms with Crippen LogP contribution in [-0.4, -0.2) is 4.98 Å². The maximum absolute atomic E-state index is 4.17. The summed E-state index contributed by atoms with van der Waals surface area (Å²) < 4.78 is 0. The number of thiophene rings is 1. The van der Waals surface area contributed by atoms with Gasteiger partial charge in [-0.3, -0.25) is 4.98 Å². The quantitative estimate of drug-likeness (QED) is 0.910. The van der Waals surface area contributed by atoms with Gasteiger partial charge >= 0.3 is 0 Å². The normalized spacial score (nSPS) is 11.8. The lowest BCUT2D eigenvalue weighted by Crippen LogP contribution is -2.13. The summed E-state index contributed by atoms with van der Waals surface area (Å²) in [6.07, 6.45) is 3.78. The van der Waals surface area contributed by atoms with Gasteiger partial charge in [0.15, 0.2) is 0 Å². The molecule has 2 heterocycles. The second-order valence-electron chi connectivity index (χ2n) is 5.92. The molecule has 0 spiro atoms. The topological polar surface area (TPSA) is 24.9 Å². The van der Waals surface area contributed by atoms with Crippen LogP contribution in [0.15, 0.2) is 30.6 Å². The molecule has 0 atom stereocenters. The van der Waals surface area contributed by atoms with Crippen LogP contribution in [0.3, 0.4) is 0 Å². The summed E-state index contributed by atoms with van der Waals surface area (Å²) in [5.74, 6) is 0. The van der Waals surface area contributed by atoms with Crippen LogP contribution in [0.1, 0.15) is 41.7 Å². The van der Waals surface area contributed by atoms with Crippen molar-refractivity contribution < 1.29 is 0 Å². The van der Waals surface area contributed by atoms with Crippen LogP contribution in [0, 0.1) is 6.92 Å². The Balaban J connectivity index is 1.90. The summed E-state index contributed by atoms with van der Waals surface area (Å²) >= 11 is 1.90. The Kier molecular flexibility index (Phi) is 4.38. The van der Waals surface area contributed by atoms with Gasteiger partial charge in [0.2, 0.25) is 0 Å². The Morgan fingerprint density at radius 2 is 1.95 bits per heavy atom. The average molecular weight is 274 g/mol. The summed E-state index contributed by atoms with van der Waals surface area (Å²) in [5, 5.41) is 3.49. The molecule has 0 aliphatic heterocycles. The molecule has 0 unspecified atom stereocenters. The molecule has 2 nitrogen and oxygen atoms in total. The molecular weight excluding hydrogens is 252 g/mol. The number of hydrogen-bond acceptors (Lipinski definition) is 3. The van der Waals surface area contributed by atoms with E-state index in [1.54, 1.807) is 0 Å². The molecule has 2 rings (SSSR count). The fourth-order valence-corrected chi connectivity index (χ4v) is 2.91. The van der Waals surface area contributed by atoms with Crippen molar-refractivity contribution >= 4 is 11.3 Å². The molecule has 19 heavy (non-hydrogen) atoms. The van der Waals surface area contributed by atoms with Crippen LogP contribution in [0.5, 0.6) is 0 Å². The molecule has 0 aliphatic rings. The lowest BCUT2D eigenvalue weighted by molar-refractivity contribution is 0.604. The zero-order valence-corrected chi connectivity index (χ0v) is 13.0. The van der Waals surface area contributed by atoms with E-state index >= 15 is 0 Å². The van der Waals surface area contributed by atoms with Crippen LogP contribution in [0.4, 0.5) is 0 Å². The van der Waals surface area contributed by atoms with E-state index in [2.05, 4.69) is 56.2 Å². The zero-order valence-electron chi connectivity index (χ0n) is 12.2. The molecule has 0 bridgehead atoms. The lowest BCUT2D eigenvalue weighted by atomic mass is 9.95. The second-order valence-corrected chi connectivity index (χ2v) is 7.09. The van der Waals surface area contributed by atoms with Crippen molar-refractivity contribution in [2.45, 2.75) is 46.2 Å². The van der Waals surface area contributed by atoms with Crippen molar-refractivity contribution in [2.24, 2.45) is 0 Å². The molecule has 0 aliphatic carbocycles. The van der Waals surface area contributed by atoms with Gasteiger partial charge in [-0.2, -0.15) is 0 Å². The summed E-state index contributed by atoms with van der Waals surface area (Å²) in [4.78, 5) is 7.01. The molecule has 3 heteroatoms. The summed E-state index contributed by atoms with van der Waals surface area (Å²) in [6, 6.07) is 6.53. The van der Waals surface area contributed by atoms with E-state index in [1.165, 1.54) is 20.9 Å². The van der Waals surface area contributed by atoms with E-state index in [0.717, 1.165) is 13.1 Å². The summed E-state index contributed by atoms with van der Waals surface area (Å²) in [6.45, 7) is 10.7. The monoisotopic (exact) mass is 274 g/mol. The minimum Gasteiger partial charge on any atom is -0.308 e. The van der Waals surface area contributed by atoms with Crippen LogP contribution < -0.4 is 5.32 Å². The molecule has 0 saturated heterocycles. The predicted octanol–water partition coefficient (Wildman–Crippen LogP) is 4.04. The van der Waals surface area contributed by atoms with Gasteiger partial charge < -0.3 is 5.32 Å². The smallest absolute Gasteiger partial charge is 0.0315 e. The van der Waals surface area contributed by atoms with Gasteiger partial charge in [0.25, 0.3) is 0 Å². The van der Waals surface area contributed by atoms with Crippen molar-refractivity contribution in [2.75, 3.05) is 0 Å². The lowest BCUT2D eigenvalue weighted by Gasteiger charge is -2.15. The van der Waals surface area contributed by atoms with Gasteiger partial charge in [-0.25, -0.2) is 0 Å². The fraction of sp³-hybridized carbons (Fsp3) is 0.438. The molecule has 102 valence electrons. The van der Waals surface area contributed by atoms with Crippen LogP contribution in [0.2, 0.25) is 0 Å². The van der Waals surface area contributed by atoms with Gasteiger partial charge in [0.05, 0.1) is 0 Å². The highest BCUT2D eigenvalue weighted by atomic mass is 32.1. The highest BCUT2D eigenvalue weighted by Gasteiger charge is 2.15. The molecule has 0 amide bonds. The first-order chi connectivity index (χ1) is 8.97. The maximum Gasteiger partial charge on any atom is 0.0315 e. The van der Waals surface area contributed by atoms with E-state index in [0.29, 0.717) is 0 Å². The Morgan fingerprint density at radius 3 is 2.58 bits per heavy atom. The third-order valence-corrected chi connectivity index (χ3v) is 4.67. The largest absolute Gasteiger partial charge is 0.308 e. The second kappa shape index (κ2) is 5.85. The Labute approximate surface area is 119 Å². The molecule has 1 N–H and O–H groups in total. The van der Waals surface area contributed by atoms with Gasteiger partial charge in [-0.1, -0.05) is 20.8 Å². The van der Waals surface area contributed by atoms with Crippen LogP contribution in [-0.2, 0) is 18.5 Å². The number of hydrogen-bond donors (Lipinski definition) is 1. The third kappa shape index (κ3) is 3.88. The highest BCUT2D eigenvalue weighted by molar-refractivity contribution is 7.12. The minimum absolute atomic E-state index is 0.253. The molecule has 2 aromatic heterocycles. The molecule has 2 aromatic rings. The summed E-state index contributed by atoms with van der Waals surface area (Å²) in [7, 11) is 0. The van der Waals surface area contributed by atoms with Gasteiger partial charge in [0.1, 0.15) is 0 Å². The number of aromatic nitrogens is 1. The van der Waals surface area contributed by atoms with Crippen LogP contribution >= 0.6 is 11.3 Å². The van der Waals surface area contributed by atoms with Crippen molar-refractivity contribution in [3.63, 3.8) is 0 Å². The van der Waals surface area contributed by atoms with Crippen molar-refractivity contribution in [1.82, 2.24) is 10.3 Å². The number of pyridine rings is 1. The van der Waals surface area contributed by atoms with Gasteiger partial charge in [-0.15, -0.1) is 11.3 Å². The molecule has 0 aromatic carbocycles. The van der Waals surface area contributed by atoms with Crippen molar-refractivity contribution in [1.29, 1.82) is 0 Å². The van der Waals surface area contributed by atoms with E-state index < -0.39 is 0 Å². The van der Waals surface area contributed by atoms with Gasteiger partial charge in [0, 0.05) is 35.2 Å². The van der Waals surface area contributed by atoms with E-state index in [4.69, 9.17) is 0 Å². The van der Waals surface area contributed by atoms with Crippen molar-refractivity contribution in [3.8, 4) is 0 Å².